The second-order valence-electron chi connectivity index (χ2n) is 8.30. The summed E-state index contributed by atoms with van der Waals surface area (Å²) in [5.41, 5.74) is 5.26. The predicted molar refractivity (Wildman–Crippen MR) is 114 cm³/mol. The van der Waals surface area contributed by atoms with Gasteiger partial charge >= 0.3 is 5.97 Å². The Morgan fingerprint density at radius 1 is 1.03 bits per heavy atom. The highest BCUT2D eigenvalue weighted by atomic mass is 16.5. The van der Waals surface area contributed by atoms with Gasteiger partial charge in [0.05, 0.1) is 17.9 Å². The van der Waals surface area contributed by atoms with Crippen LogP contribution in [0.4, 0.5) is 0 Å². The van der Waals surface area contributed by atoms with Crippen LogP contribution in [0.1, 0.15) is 53.6 Å². The molecule has 4 rings (SSSR count). The van der Waals surface area contributed by atoms with Crippen molar-refractivity contribution in [2.45, 2.75) is 33.6 Å². The third-order valence-electron chi connectivity index (χ3n) is 5.39. The van der Waals surface area contributed by atoms with E-state index in [1.807, 2.05) is 36.4 Å². The van der Waals surface area contributed by atoms with Gasteiger partial charge in [-0.3, -0.25) is 4.79 Å². The number of carbonyl (C=O) groups is 2. The lowest BCUT2D eigenvalue weighted by Gasteiger charge is -2.30. The lowest BCUT2D eigenvalue weighted by molar-refractivity contribution is 0.0526. The Kier molecular flexibility index (Phi) is 4.87. The summed E-state index contributed by atoms with van der Waals surface area (Å²) in [4.78, 5) is 24.9. The van der Waals surface area contributed by atoms with Crippen molar-refractivity contribution >= 4 is 11.8 Å². The molecule has 1 aliphatic rings. The zero-order chi connectivity index (χ0) is 20.6. The third kappa shape index (κ3) is 3.63. The lowest BCUT2D eigenvalue weighted by Crippen LogP contribution is -2.27. The minimum Gasteiger partial charge on any atom is -0.462 e. The quantitative estimate of drug-likeness (QED) is 0.557. The van der Waals surface area contributed by atoms with Crippen LogP contribution in [-0.2, 0) is 11.2 Å². The van der Waals surface area contributed by atoms with Crippen molar-refractivity contribution in [3.8, 4) is 16.9 Å². The summed E-state index contributed by atoms with van der Waals surface area (Å²) in [6.45, 7) is 6.42. The van der Waals surface area contributed by atoms with Crippen LogP contribution >= 0.6 is 0 Å². The molecule has 0 fully saturated rings. The van der Waals surface area contributed by atoms with Crippen molar-refractivity contribution in [2.24, 2.45) is 5.41 Å². The highest BCUT2D eigenvalue weighted by Gasteiger charge is 2.35. The number of benzene rings is 2. The molecule has 2 aromatic carbocycles. The molecule has 0 atom stereocenters. The van der Waals surface area contributed by atoms with E-state index in [1.165, 1.54) is 0 Å². The zero-order valence-electron chi connectivity index (χ0n) is 17.1. The molecule has 4 heteroatoms. The summed E-state index contributed by atoms with van der Waals surface area (Å²) < 4.78 is 7.26. The number of ether oxygens (including phenoxy) is 1. The van der Waals surface area contributed by atoms with Gasteiger partial charge in [0.25, 0.3) is 0 Å². The van der Waals surface area contributed by atoms with Crippen LogP contribution in [0.2, 0.25) is 0 Å². The molecule has 0 bridgehead atoms. The molecule has 0 saturated heterocycles. The van der Waals surface area contributed by atoms with E-state index in [9.17, 15) is 9.59 Å². The van der Waals surface area contributed by atoms with Gasteiger partial charge in [-0.2, -0.15) is 0 Å². The summed E-state index contributed by atoms with van der Waals surface area (Å²) in [6, 6.07) is 19.5. The molecule has 0 spiro atoms. The van der Waals surface area contributed by atoms with E-state index < -0.39 is 0 Å². The maximum Gasteiger partial charge on any atom is 0.338 e. The van der Waals surface area contributed by atoms with Crippen LogP contribution in [0, 0.1) is 5.41 Å². The van der Waals surface area contributed by atoms with Crippen LogP contribution in [0.15, 0.2) is 60.7 Å². The summed E-state index contributed by atoms with van der Waals surface area (Å²) in [7, 11) is 0. The second kappa shape index (κ2) is 7.36. The molecule has 1 heterocycles. The summed E-state index contributed by atoms with van der Waals surface area (Å²) in [5, 5.41) is 0. The average Bonchev–Trinajstić information content (AvgIpc) is 3.07. The van der Waals surface area contributed by atoms with Gasteiger partial charge < -0.3 is 9.30 Å². The van der Waals surface area contributed by atoms with Gasteiger partial charge in [0, 0.05) is 23.4 Å². The van der Waals surface area contributed by atoms with Crippen LogP contribution < -0.4 is 0 Å². The fourth-order valence-electron chi connectivity index (χ4n) is 4.09. The Morgan fingerprint density at radius 3 is 2.38 bits per heavy atom. The van der Waals surface area contributed by atoms with E-state index in [0.29, 0.717) is 18.6 Å². The minimum atomic E-state index is -0.326. The number of hydrogen-bond acceptors (Lipinski definition) is 3. The molecule has 3 aromatic rings. The standard InChI is InChI=1S/C25H25NO3/c1-4-29-24(28)18-10-12-19(13-11-18)26-21(17-8-6-5-7-9-17)14-20-22(26)15-25(2,3)16-23(20)27/h5-14H,4,15-16H2,1-3H3. The Hall–Kier alpha value is -3.14. The number of rotatable bonds is 4. The van der Waals surface area contributed by atoms with Gasteiger partial charge in [0.15, 0.2) is 5.78 Å². The predicted octanol–water partition coefficient (Wildman–Crippen LogP) is 5.48. The third-order valence-corrected chi connectivity index (χ3v) is 5.39. The first-order valence-corrected chi connectivity index (χ1v) is 10.0. The van der Waals surface area contributed by atoms with E-state index in [1.54, 1.807) is 19.1 Å². The highest BCUT2D eigenvalue weighted by molar-refractivity contribution is 6.00. The molecule has 0 N–H and O–H groups in total. The van der Waals surface area contributed by atoms with Crippen LogP contribution in [0.25, 0.3) is 16.9 Å². The van der Waals surface area contributed by atoms with Gasteiger partial charge in [0.1, 0.15) is 0 Å². The molecule has 0 unspecified atom stereocenters. The van der Waals surface area contributed by atoms with Crippen molar-refractivity contribution in [3.63, 3.8) is 0 Å². The molecule has 0 radical (unpaired) electrons. The molecule has 29 heavy (non-hydrogen) atoms. The molecule has 1 aliphatic carbocycles. The van der Waals surface area contributed by atoms with Crippen molar-refractivity contribution in [1.82, 2.24) is 4.57 Å². The van der Waals surface area contributed by atoms with E-state index in [0.717, 1.165) is 34.6 Å². The van der Waals surface area contributed by atoms with Crippen LogP contribution in [0.3, 0.4) is 0 Å². The van der Waals surface area contributed by atoms with Crippen LogP contribution in [0.5, 0.6) is 0 Å². The van der Waals surface area contributed by atoms with Gasteiger partial charge in [-0.1, -0.05) is 44.2 Å². The molecule has 1 aromatic heterocycles. The maximum atomic E-state index is 12.9. The Bertz CT molecular complexity index is 1060. The smallest absolute Gasteiger partial charge is 0.338 e. The number of hydrogen-bond donors (Lipinski definition) is 0. The number of aromatic nitrogens is 1. The van der Waals surface area contributed by atoms with E-state index in [2.05, 4.69) is 30.5 Å². The van der Waals surface area contributed by atoms with E-state index >= 15 is 0 Å². The first-order valence-electron chi connectivity index (χ1n) is 10.0. The molecular weight excluding hydrogens is 362 g/mol. The van der Waals surface area contributed by atoms with Crippen molar-refractivity contribution in [2.75, 3.05) is 6.61 Å². The monoisotopic (exact) mass is 387 g/mol. The highest BCUT2D eigenvalue weighted by Crippen LogP contribution is 2.40. The topological polar surface area (TPSA) is 48.3 Å². The van der Waals surface area contributed by atoms with Crippen molar-refractivity contribution in [3.05, 3.63) is 77.5 Å². The van der Waals surface area contributed by atoms with Crippen molar-refractivity contribution in [1.29, 1.82) is 0 Å². The fourth-order valence-corrected chi connectivity index (χ4v) is 4.09. The Balaban J connectivity index is 1.88. The fraction of sp³-hybridized carbons (Fsp3) is 0.280. The number of fused-ring (bicyclic) bond motifs is 1. The number of nitrogens with zero attached hydrogens (tertiary/aromatic N) is 1. The average molecular weight is 387 g/mol. The molecule has 0 aliphatic heterocycles. The summed E-state index contributed by atoms with van der Waals surface area (Å²) in [5.74, 6) is -0.136. The van der Waals surface area contributed by atoms with Crippen molar-refractivity contribution < 1.29 is 14.3 Å². The minimum absolute atomic E-state index is 0.0843. The van der Waals surface area contributed by atoms with E-state index in [-0.39, 0.29) is 17.2 Å². The Morgan fingerprint density at radius 2 is 1.72 bits per heavy atom. The first-order chi connectivity index (χ1) is 13.9. The van der Waals surface area contributed by atoms with Crippen LogP contribution in [-0.4, -0.2) is 22.9 Å². The largest absolute Gasteiger partial charge is 0.462 e. The van der Waals surface area contributed by atoms with Gasteiger partial charge in [-0.15, -0.1) is 0 Å². The Labute approximate surface area is 171 Å². The molecule has 4 nitrogen and oxygen atoms in total. The number of ketones is 1. The molecule has 0 saturated carbocycles. The van der Waals surface area contributed by atoms with Gasteiger partial charge in [0.2, 0.25) is 0 Å². The summed E-state index contributed by atoms with van der Waals surface area (Å²) in [6.07, 6.45) is 1.38. The molecule has 148 valence electrons. The molecular formula is C25H25NO3. The number of Topliss-reactive ketones (excluding diaryl/α,β-unsaturated/α-hetero) is 1. The zero-order valence-corrected chi connectivity index (χ0v) is 17.1. The first kappa shape index (κ1) is 19.2. The number of carbonyl (C=O) groups excluding carboxylic acids is 2. The SMILES string of the molecule is CCOC(=O)c1ccc(-n2c(-c3ccccc3)cc3c2CC(C)(C)CC3=O)cc1. The van der Waals surface area contributed by atoms with E-state index in [4.69, 9.17) is 4.74 Å². The summed E-state index contributed by atoms with van der Waals surface area (Å²) >= 11 is 0. The van der Waals surface area contributed by atoms with Gasteiger partial charge in [-0.05, 0) is 54.7 Å². The lowest BCUT2D eigenvalue weighted by atomic mass is 9.76. The normalized spacial score (nSPS) is 15.1. The molecule has 0 amide bonds. The van der Waals surface area contributed by atoms with Gasteiger partial charge in [-0.25, -0.2) is 4.79 Å². The maximum absolute atomic E-state index is 12.9. The number of esters is 1. The second-order valence-corrected chi connectivity index (χ2v) is 8.30.